The Balaban J connectivity index is 2.44. The van der Waals surface area contributed by atoms with Crippen molar-refractivity contribution in [3.63, 3.8) is 0 Å². The van der Waals surface area contributed by atoms with Gasteiger partial charge in [0.15, 0.2) is 0 Å². The molecule has 3 atom stereocenters. The molecule has 1 rings (SSSR count). The summed E-state index contributed by atoms with van der Waals surface area (Å²) < 4.78 is 0. The Hall–Kier alpha value is -0.610. The Kier molecular flexibility index (Phi) is 6.27. The van der Waals surface area contributed by atoms with Crippen LogP contribution in [0.3, 0.4) is 0 Å². The summed E-state index contributed by atoms with van der Waals surface area (Å²) in [6.45, 7) is 10.1. The topological polar surface area (TPSA) is 52.6 Å². The largest absolute Gasteiger partial charge is 0.389 e. The highest BCUT2D eigenvalue weighted by Gasteiger charge is 2.33. The van der Waals surface area contributed by atoms with E-state index in [-0.39, 0.29) is 11.9 Å². The molecule has 112 valence electrons. The van der Waals surface area contributed by atoms with Gasteiger partial charge in [0.25, 0.3) is 0 Å². The zero-order chi connectivity index (χ0) is 14.5. The molecule has 0 aromatic carbocycles. The van der Waals surface area contributed by atoms with E-state index in [2.05, 4.69) is 12.2 Å². The molecule has 4 nitrogen and oxygen atoms in total. The van der Waals surface area contributed by atoms with Crippen LogP contribution in [0.2, 0.25) is 0 Å². The minimum Gasteiger partial charge on any atom is -0.389 e. The van der Waals surface area contributed by atoms with Gasteiger partial charge >= 0.3 is 0 Å². The molecule has 0 spiro atoms. The first kappa shape index (κ1) is 16.4. The predicted molar refractivity (Wildman–Crippen MR) is 78.0 cm³/mol. The summed E-state index contributed by atoms with van der Waals surface area (Å²) >= 11 is 0. The van der Waals surface area contributed by atoms with Gasteiger partial charge in [0.2, 0.25) is 5.91 Å². The van der Waals surface area contributed by atoms with Crippen molar-refractivity contribution in [2.45, 2.75) is 65.0 Å². The van der Waals surface area contributed by atoms with Crippen LogP contribution in [0.15, 0.2) is 0 Å². The van der Waals surface area contributed by atoms with E-state index in [1.807, 2.05) is 25.7 Å². The molecule has 0 heterocycles. The molecule has 1 amide bonds. The molecular weight excluding hydrogens is 240 g/mol. The molecule has 0 aromatic heterocycles. The molecule has 1 aliphatic rings. The molecule has 3 unspecified atom stereocenters. The van der Waals surface area contributed by atoms with Crippen molar-refractivity contribution in [3.8, 4) is 0 Å². The maximum absolute atomic E-state index is 12.1. The summed E-state index contributed by atoms with van der Waals surface area (Å²) in [6, 6.07) is -0.221. The molecule has 0 radical (unpaired) electrons. The third-order valence-electron chi connectivity index (χ3n) is 4.25. The minimum atomic E-state index is -0.629. The fourth-order valence-electron chi connectivity index (χ4n) is 3.03. The molecule has 2 N–H and O–H groups in total. The number of carbonyl (C=O) groups is 1. The van der Waals surface area contributed by atoms with E-state index in [1.165, 1.54) is 6.42 Å². The van der Waals surface area contributed by atoms with Crippen molar-refractivity contribution in [1.29, 1.82) is 0 Å². The number of amides is 1. The highest BCUT2D eigenvalue weighted by atomic mass is 16.3. The van der Waals surface area contributed by atoms with Gasteiger partial charge in [-0.3, -0.25) is 4.79 Å². The number of nitrogens with one attached hydrogen (secondary N) is 1. The molecule has 1 fully saturated rings. The molecular formula is C15H30N2O2. The Labute approximate surface area is 117 Å². The van der Waals surface area contributed by atoms with Crippen molar-refractivity contribution in [2.24, 2.45) is 5.92 Å². The van der Waals surface area contributed by atoms with Crippen LogP contribution in [-0.4, -0.2) is 47.2 Å². The highest BCUT2D eigenvalue weighted by molar-refractivity contribution is 5.81. The number of aliphatic hydroxyl groups is 1. The molecule has 1 saturated carbocycles. The van der Waals surface area contributed by atoms with Crippen LogP contribution in [0, 0.1) is 5.92 Å². The van der Waals surface area contributed by atoms with Crippen LogP contribution >= 0.6 is 0 Å². The van der Waals surface area contributed by atoms with Crippen molar-refractivity contribution in [2.75, 3.05) is 19.6 Å². The summed E-state index contributed by atoms with van der Waals surface area (Å²) in [5, 5.41) is 13.8. The second-order valence-corrected chi connectivity index (χ2v) is 6.04. The predicted octanol–water partition coefficient (Wildman–Crippen LogP) is 1.77. The summed E-state index contributed by atoms with van der Waals surface area (Å²) in [5.41, 5.74) is -0.629. The Morgan fingerprint density at radius 3 is 2.63 bits per heavy atom. The van der Waals surface area contributed by atoms with Crippen LogP contribution < -0.4 is 5.32 Å². The van der Waals surface area contributed by atoms with E-state index in [4.69, 9.17) is 0 Å². The molecule has 19 heavy (non-hydrogen) atoms. The number of hydrogen-bond acceptors (Lipinski definition) is 3. The second-order valence-electron chi connectivity index (χ2n) is 6.04. The van der Waals surface area contributed by atoms with Gasteiger partial charge in [0, 0.05) is 19.6 Å². The monoisotopic (exact) mass is 270 g/mol. The first-order chi connectivity index (χ1) is 8.91. The summed E-state index contributed by atoms with van der Waals surface area (Å²) in [6.07, 6.45) is 3.97. The molecule has 0 saturated heterocycles. The van der Waals surface area contributed by atoms with E-state index in [1.54, 1.807) is 0 Å². The third kappa shape index (κ3) is 4.77. The van der Waals surface area contributed by atoms with Crippen molar-refractivity contribution >= 4 is 5.91 Å². The van der Waals surface area contributed by atoms with E-state index >= 15 is 0 Å². The van der Waals surface area contributed by atoms with Crippen LogP contribution in [-0.2, 0) is 4.79 Å². The number of likely N-dealkylation sites (N-methyl/N-ethyl adjacent to an activating group) is 1. The molecule has 0 bridgehead atoms. The quantitative estimate of drug-likeness (QED) is 0.773. The van der Waals surface area contributed by atoms with Crippen LogP contribution in [0.5, 0.6) is 0 Å². The average Bonchev–Trinajstić information content (AvgIpc) is 2.37. The standard InChI is InChI=1S/C15H30N2O2/c1-5-17(6-2)14(18)13(4)16-11-15(19)9-7-8-12(3)10-15/h12-13,16,19H,5-11H2,1-4H3. The fourth-order valence-corrected chi connectivity index (χ4v) is 3.03. The summed E-state index contributed by atoms with van der Waals surface area (Å²) in [5.74, 6) is 0.701. The van der Waals surface area contributed by atoms with Crippen molar-refractivity contribution in [3.05, 3.63) is 0 Å². The minimum absolute atomic E-state index is 0.123. The lowest BCUT2D eigenvalue weighted by Crippen LogP contribution is -2.51. The van der Waals surface area contributed by atoms with E-state index < -0.39 is 5.60 Å². The first-order valence-corrected chi connectivity index (χ1v) is 7.66. The first-order valence-electron chi connectivity index (χ1n) is 7.66. The number of nitrogens with zero attached hydrogens (tertiary/aromatic N) is 1. The third-order valence-corrected chi connectivity index (χ3v) is 4.25. The van der Waals surface area contributed by atoms with Gasteiger partial charge in [-0.25, -0.2) is 0 Å². The lowest BCUT2D eigenvalue weighted by molar-refractivity contribution is -0.133. The van der Waals surface area contributed by atoms with E-state index in [9.17, 15) is 9.90 Å². The van der Waals surface area contributed by atoms with Crippen LogP contribution in [0.1, 0.15) is 53.4 Å². The average molecular weight is 270 g/mol. The van der Waals surface area contributed by atoms with Gasteiger partial charge in [0.05, 0.1) is 11.6 Å². The van der Waals surface area contributed by atoms with Gasteiger partial charge < -0.3 is 15.3 Å². The van der Waals surface area contributed by atoms with Gasteiger partial charge in [-0.05, 0) is 39.5 Å². The zero-order valence-corrected chi connectivity index (χ0v) is 12.9. The van der Waals surface area contributed by atoms with Crippen molar-refractivity contribution < 1.29 is 9.90 Å². The Morgan fingerprint density at radius 1 is 1.47 bits per heavy atom. The Morgan fingerprint density at radius 2 is 2.11 bits per heavy atom. The van der Waals surface area contributed by atoms with Crippen molar-refractivity contribution in [1.82, 2.24) is 10.2 Å². The fraction of sp³-hybridized carbons (Fsp3) is 0.933. The maximum Gasteiger partial charge on any atom is 0.239 e. The Bertz CT molecular complexity index is 292. The molecule has 0 aromatic rings. The smallest absolute Gasteiger partial charge is 0.239 e. The van der Waals surface area contributed by atoms with E-state index in [0.717, 1.165) is 32.4 Å². The number of rotatable bonds is 6. The molecule has 4 heteroatoms. The van der Waals surface area contributed by atoms with Crippen LogP contribution in [0.4, 0.5) is 0 Å². The number of hydrogen-bond donors (Lipinski definition) is 2. The maximum atomic E-state index is 12.1. The van der Waals surface area contributed by atoms with E-state index in [0.29, 0.717) is 12.5 Å². The lowest BCUT2D eigenvalue weighted by atomic mass is 9.79. The molecule has 0 aliphatic heterocycles. The summed E-state index contributed by atoms with van der Waals surface area (Å²) in [7, 11) is 0. The van der Waals surface area contributed by atoms with Crippen LogP contribution in [0.25, 0.3) is 0 Å². The zero-order valence-electron chi connectivity index (χ0n) is 12.9. The summed E-state index contributed by atoms with van der Waals surface area (Å²) in [4.78, 5) is 14.0. The lowest BCUT2D eigenvalue weighted by Gasteiger charge is -2.36. The van der Waals surface area contributed by atoms with Gasteiger partial charge in [0.1, 0.15) is 0 Å². The SMILES string of the molecule is CCN(CC)C(=O)C(C)NCC1(O)CCCC(C)C1. The van der Waals surface area contributed by atoms with Gasteiger partial charge in [-0.2, -0.15) is 0 Å². The normalized spacial score (nSPS) is 29.0. The second kappa shape index (κ2) is 7.25. The number of carbonyl (C=O) groups excluding carboxylic acids is 1. The highest BCUT2D eigenvalue weighted by Crippen LogP contribution is 2.31. The van der Waals surface area contributed by atoms with Gasteiger partial charge in [-0.1, -0.05) is 19.8 Å². The van der Waals surface area contributed by atoms with Gasteiger partial charge in [-0.15, -0.1) is 0 Å². The molecule has 1 aliphatic carbocycles.